The maximum absolute atomic E-state index is 5.30. The summed E-state index contributed by atoms with van der Waals surface area (Å²) in [7, 11) is 0. The summed E-state index contributed by atoms with van der Waals surface area (Å²) in [5, 5.41) is 3.17. The van der Waals surface area contributed by atoms with E-state index in [0.717, 1.165) is 19.6 Å². The highest BCUT2D eigenvalue weighted by Crippen LogP contribution is 1.92. The van der Waals surface area contributed by atoms with Crippen molar-refractivity contribution in [2.45, 2.75) is 34.0 Å². The van der Waals surface area contributed by atoms with E-state index in [1.54, 1.807) is 0 Å². The van der Waals surface area contributed by atoms with Crippen LogP contribution in [0.15, 0.2) is 0 Å². The van der Waals surface area contributed by atoms with Crippen molar-refractivity contribution in [2.24, 2.45) is 5.73 Å². The van der Waals surface area contributed by atoms with Crippen molar-refractivity contribution in [1.82, 2.24) is 5.32 Å². The van der Waals surface area contributed by atoms with Crippen LogP contribution in [0.25, 0.3) is 0 Å². The van der Waals surface area contributed by atoms with E-state index in [9.17, 15) is 0 Å². The average molecular weight is 206 g/mol. The molecule has 0 saturated heterocycles. The second-order valence-electron chi connectivity index (χ2n) is 2.56. The van der Waals surface area contributed by atoms with Crippen LogP contribution in [0.5, 0.6) is 0 Å². The Kier molecular flexibility index (Phi) is 17.8. The number of nitrogens with one attached hydrogen (secondary N) is 1. The van der Waals surface area contributed by atoms with E-state index in [-0.39, 0.29) is 6.29 Å². The first-order valence-corrected chi connectivity index (χ1v) is 5.40. The maximum atomic E-state index is 5.30. The zero-order valence-corrected chi connectivity index (χ0v) is 10.0. The lowest BCUT2D eigenvalue weighted by molar-refractivity contribution is -0.132. The molecular formula is C10H26N2O2. The minimum absolute atomic E-state index is 0.0788. The van der Waals surface area contributed by atoms with Crippen LogP contribution in [-0.4, -0.2) is 39.1 Å². The Balaban J connectivity index is 0. The van der Waals surface area contributed by atoms with Crippen LogP contribution >= 0.6 is 0 Å². The highest BCUT2D eigenvalue weighted by Gasteiger charge is 2.04. The Labute approximate surface area is 88.1 Å². The minimum Gasteiger partial charge on any atom is -0.352 e. The summed E-state index contributed by atoms with van der Waals surface area (Å²) in [6, 6.07) is 0. The Hall–Kier alpha value is -0.160. The molecule has 0 aliphatic carbocycles. The lowest BCUT2D eigenvalue weighted by atomic mass is 10.5. The summed E-state index contributed by atoms with van der Waals surface area (Å²) < 4.78 is 10.6. The summed E-state index contributed by atoms with van der Waals surface area (Å²) in [6.45, 7) is 11.8. The van der Waals surface area contributed by atoms with Gasteiger partial charge in [-0.15, -0.1) is 0 Å². The fraction of sp³-hybridized carbons (Fsp3) is 1.00. The van der Waals surface area contributed by atoms with Gasteiger partial charge in [-0.2, -0.15) is 0 Å². The van der Waals surface area contributed by atoms with Crippen molar-refractivity contribution < 1.29 is 9.47 Å². The Morgan fingerprint density at radius 3 is 1.79 bits per heavy atom. The van der Waals surface area contributed by atoms with Gasteiger partial charge in [0.25, 0.3) is 0 Å². The lowest BCUT2D eigenvalue weighted by Crippen LogP contribution is -2.31. The molecular weight excluding hydrogens is 180 g/mol. The van der Waals surface area contributed by atoms with E-state index < -0.39 is 0 Å². The fourth-order valence-corrected chi connectivity index (χ4v) is 0.800. The summed E-state index contributed by atoms with van der Waals surface area (Å²) in [5.74, 6) is 0. The van der Waals surface area contributed by atoms with Crippen molar-refractivity contribution in [3.63, 3.8) is 0 Å². The summed E-state index contributed by atoms with van der Waals surface area (Å²) in [6.07, 6.45) is -0.0788. The molecule has 3 N–H and O–H groups in total. The first kappa shape index (κ1) is 16.3. The zero-order valence-electron chi connectivity index (χ0n) is 10.0. The summed E-state index contributed by atoms with van der Waals surface area (Å²) >= 11 is 0. The Morgan fingerprint density at radius 2 is 1.50 bits per heavy atom. The quantitative estimate of drug-likeness (QED) is 0.609. The van der Waals surface area contributed by atoms with Crippen LogP contribution in [0.2, 0.25) is 0 Å². The third kappa shape index (κ3) is 14.4. The highest BCUT2D eigenvalue weighted by atomic mass is 16.7. The highest BCUT2D eigenvalue weighted by molar-refractivity contribution is 4.48. The third-order valence-electron chi connectivity index (χ3n) is 1.27. The average Bonchev–Trinajstić information content (AvgIpc) is 2.16. The van der Waals surface area contributed by atoms with Crippen LogP contribution < -0.4 is 11.1 Å². The molecule has 0 atom stereocenters. The molecule has 0 heterocycles. The van der Waals surface area contributed by atoms with Crippen LogP contribution in [-0.2, 0) is 9.47 Å². The van der Waals surface area contributed by atoms with Gasteiger partial charge in [-0.25, -0.2) is 0 Å². The van der Waals surface area contributed by atoms with Gasteiger partial charge in [-0.05, 0) is 26.9 Å². The molecule has 88 valence electrons. The second kappa shape index (κ2) is 15.3. The van der Waals surface area contributed by atoms with Crippen molar-refractivity contribution in [1.29, 1.82) is 0 Å². The topological polar surface area (TPSA) is 56.5 Å². The van der Waals surface area contributed by atoms with Gasteiger partial charge in [0.1, 0.15) is 0 Å². The first-order chi connectivity index (χ1) is 6.76. The predicted octanol–water partition coefficient (Wildman–Crippen LogP) is 0.960. The van der Waals surface area contributed by atoms with Gasteiger partial charge in [0.2, 0.25) is 0 Å². The van der Waals surface area contributed by atoms with Gasteiger partial charge in [0.05, 0.1) is 0 Å². The fourth-order valence-electron chi connectivity index (χ4n) is 0.800. The number of hydrogen-bond acceptors (Lipinski definition) is 4. The predicted molar refractivity (Wildman–Crippen MR) is 60.3 cm³/mol. The number of rotatable bonds is 7. The van der Waals surface area contributed by atoms with Gasteiger partial charge < -0.3 is 20.5 Å². The molecule has 0 aromatic carbocycles. The molecule has 14 heavy (non-hydrogen) atoms. The molecule has 0 spiro atoms. The lowest BCUT2D eigenvalue weighted by Gasteiger charge is -2.16. The molecule has 0 aromatic rings. The Bertz CT molecular complexity index is 86.2. The molecule has 0 aromatic heterocycles. The SMILES string of the molecule is CCN.CCNCC(OCC)OCC. The van der Waals surface area contributed by atoms with Gasteiger partial charge in [-0.1, -0.05) is 13.8 Å². The Morgan fingerprint density at radius 1 is 1.07 bits per heavy atom. The van der Waals surface area contributed by atoms with Crippen LogP contribution in [0.4, 0.5) is 0 Å². The second-order valence-corrected chi connectivity index (χ2v) is 2.56. The standard InChI is InChI=1S/C8H19NO2.C2H7N/c1-4-9-7-8(10-5-2)11-6-3;1-2-3/h8-9H,4-7H2,1-3H3;2-3H2,1H3. The van der Waals surface area contributed by atoms with Crippen molar-refractivity contribution in [2.75, 3.05) is 32.8 Å². The van der Waals surface area contributed by atoms with E-state index in [4.69, 9.17) is 15.2 Å². The van der Waals surface area contributed by atoms with Gasteiger partial charge in [-0.3, -0.25) is 0 Å². The van der Waals surface area contributed by atoms with Gasteiger partial charge in [0, 0.05) is 19.8 Å². The van der Waals surface area contributed by atoms with E-state index in [0.29, 0.717) is 13.2 Å². The van der Waals surface area contributed by atoms with Gasteiger partial charge >= 0.3 is 0 Å². The third-order valence-corrected chi connectivity index (χ3v) is 1.27. The van der Waals surface area contributed by atoms with Crippen molar-refractivity contribution in [3.8, 4) is 0 Å². The largest absolute Gasteiger partial charge is 0.352 e. The molecule has 4 heteroatoms. The number of likely N-dealkylation sites (N-methyl/N-ethyl adjacent to an activating group) is 1. The molecule has 0 rings (SSSR count). The molecule has 0 aliphatic heterocycles. The van der Waals surface area contributed by atoms with Crippen molar-refractivity contribution in [3.05, 3.63) is 0 Å². The zero-order chi connectivity index (χ0) is 11.2. The molecule has 0 radical (unpaired) electrons. The molecule has 0 aliphatic rings. The van der Waals surface area contributed by atoms with E-state index in [1.165, 1.54) is 0 Å². The number of nitrogens with two attached hydrogens (primary N) is 1. The molecule has 0 fully saturated rings. The number of hydrogen-bond donors (Lipinski definition) is 2. The minimum atomic E-state index is -0.0788. The van der Waals surface area contributed by atoms with Crippen LogP contribution in [0.1, 0.15) is 27.7 Å². The van der Waals surface area contributed by atoms with Crippen molar-refractivity contribution >= 4 is 0 Å². The van der Waals surface area contributed by atoms with Gasteiger partial charge in [0.15, 0.2) is 6.29 Å². The van der Waals surface area contributed by atoms with Crippen LogP contribution in [0, 0.1) is 0 Å². The summed E-state index contributed by atoms with van der Waals surface area (Å²) in [4.78, 5) is 0. The van der Waals surface area contributed by atoms with Crippen LogP contribution in [0.3, 0.4) is 0 Å². The smallest absolute Gasteiger partial charge is 0.169 e. The molecule has 0 unspecified atom stereocenters. The van der Waals surface area contributed by atoms with E-state index >= 15 is 0 Å². The molecule has 4 nitrogen and oxygen atoms in total. The van der Waals surface area contributed by atoms with E-state index in [1.807, 2.05) is 20.8 Å². The number of ether oxygens (including phenoxy) is 2. The maximum Gasteiger partial charge on any atom is 0.169 e. The molecule has 0 amide bonds. The molecule has 0 saturated carbocycles. The summed E-state index contributed by atoms with van der Waals surface area (Å²) in [5.41, 5.74) is 4.85. The molecule has 0 bridgehead atoms. The monoisotopic (exact) mass is 206 g/mol. The normalized spacial score (nSPS) is 9.86. The van der Waals surface area contributed by atoms with E-state index in [2.05, 4.69) is 12.2 Å². The first-order valence-electron chi connectivity index (χ1n) is 5.40.